The molecule has 1 saturated heterocycles. The van der Waals surface area contributed by atoms with E-state index in [9.17, 15) is 19.2 Å². The number of fused-ring (bicyclic) bond motifs is 1. The number of rotatable bonds is 16. The van der Waals surface area contributed by atoms with Gasteiger partial charge < -0.3 is 20.2 Å². The zero-order chi connectivity index (χ0) is 44.8. The summed E-state index contributed by atoms with van der Waals surface area (Å²) in [5, 5.41) is 12.3. The number of oxime groups is 1. The fraction of sp³-hybridized carbons (Fsp3) is 0.160. The topological polar surface area (TPSA) is 139 Å². The highest BCUT2D eigenvalue weighted by Gasteiger charge is 2.55. The molecular formula is C50H41N5O6S4. The molecule has 1 fully saturated rings. The van der Waals surface area contributed by atoms with Crippen LogP contribution in [0.15, 0.2) is 184 Å². The molecule has 0 spiro atoms. The minimum atomic E-state index is -0.990. The first-order chi connectivity index (χ1) is 31.8. The van der Waals surface area contributed by atoms with E-state index in [1.165, 1.54) is 58.6 Å². The highest BCUT2D eigenvalue weighted by atomic mass is 32.2. The first kappa shape index (κ1) is 43.8. The van der Waals surface area contributed by atoms with Crippen LogP contribution < -0.4 is 10.6 Å². The SMILES string of the molecule is CON=C(C(=O)N[C@@H]1C(=O)N2C(C(=O)OC(c3ccccc3)c3ccccc3)=C(CSC3=CC(=O)SC3)CS[C@H]12)c1csc(NC(c2ccccc2)(c2ccccc2)c2ccccc2)n1. The van der Waals surface area contributed by atoms with Gasteiger partial charge in [0.15, 0.2) is 16.9 Å². The zero-order valence-electron chi connectivity index (χ0n) is 34.9. The Morgan fingerprint density at radius 3 is 1.89 bits per heavy atom. The molecule has 2 N–H and O–H groups in total. The maximum Gasteiger partial charge on any atom is 0.356 e. The summed E-state index contributed by atoms with van der Waals surface area (Å²) < 4.78 is 6.33. The molecule has 326 valence electrons. The largest absolute Gasteiger partial charge is 0.448 e. The molecule has 0 bridgehead atoms. The van der Waals surface area contributed by atoms with Gasteiger partial charge in [0.2, 0.25) is 5.12 Å². The predicted molar refractivity (Wildman–Crippen MR) is 259 cm³/mol. The molecule has 15 heteroatoms. The van der Waals surface area contributed by atoms with Gasteiger partial charge in [0.05, 0.1) is 0 Å². The van der Waals surface area contributed by atoms with E-state index in [1.54, 1.807) is 11.5 Å². The summed E-state index contributed by atoms with van der Waals surface area (Å²) in [6.45, 7) is 0. The molecule has 0 saturated carbocycles. The maximum absolute atomic E-state index is 14.5. The molecule has 0 radical (unpaired) electrons. The Kier molecular flexibility index (Phi) is 13.3. The fourth-order valence-electron chi connectivity index (χ4n) is 8.04. The van der Waals surface area contributed by atoms with E-state index in [0.29, 0.717) is 28.0 Å². The van der Waals surface area contributed by atoms with Crippen LogP contribution in [0, 0.1) is 0 Å². The second-order valence-electron chi connectivity index (χ2n) is 15.1. The van der Waals surface area contributed by atoms with Crippen molar-refractivity contribution in [2.45, 2.75) is 23.1 Å². The van der Waals surface area contributed by atoms with Crippen molar-refractivity contribution in [2.24, 2.45) is 5.16 Å². The highest BCUT2D eigenvalue weighted by Crippen LogP contribution is 2.44. The smallest absolute Gasteiger partial charge is 0.356 e. The first-order valence-electron chi connectivity index (χ1n) is 20.6. The number of esters is 1. The van der Waals surface area contributed by atoms with Crippen molar-refractivity contribution >= 4 is 80.4 Å². The van der Waals surface area contributed by atoms with E-state index in [1.807, 2.05) is 115 Å². The minimum absolute atomic E-state index is 0.00884. The quantitative estimate of drug-likeness (QED) is 0.0317. The highest BCUT2D eigenvalue weighted by molar-refractivity contribution is 8.16. The lowest BCUT2D eigenvalue weighted by atomic mass is 9.77. The molecular weight excluding hydrogens is 895 g/mol. The summed E-state index contributed by atoms with van der Waals surface area (Å²) in [7, 11) is 1.34. The van der Waals surface area contributed by atoms with Crippen molar-refractivity contribution in [3.05, 3.63) is 213 Å². The molecule has 9 rings (SSSR count). The van der Waals surface area contributed by atoms with E-state index in [0.717, 1.165) is 32.7 Å². The number of nitrogens with zero attached hydrogens (tertiary/aromatic N) is 3. The van der Waals surface area contributed by atoms with Crippen molar-refractivity contribution in [1.29, 1.82) is 0 Å². The van der Waals surface area contributed by atoms with E-state index in [-0.39, 0.29) is 22.2 Å². The molecule has 11 nitrogen and oxygen atoms in total. The van der Waals surface area contributed by atoms with Crippen LogP contribution in [-0.4, -0.2) is 74.3 Å². The third-order valence-corrected chi connectivity index (χ3v) is 15.3. The summed E-state index contributed by atoms with van der Waals surface area (Å²) in [6.07, 6.45) is 0.863. The van der Waals surface area contributed by atoms with Gasteiger partial charge in [-0.3, -0.25) is 19.3 Å². The number of carbonyl (C=O) groups is 4. The number of hydrogen-bond donors (Lipinski definition) is 2. The summed E-state index contributed by atoms with van der Waals surface area (Å²) in [6, 6.07) is 48.2. The monoisotopic (exact) mass is 935 g/mol. The van der Waals surface area contributed by atoms with Crippen molar-refractivity contribution in [1.82, 2.24) is 15.2 Å². The molecule has 1 aromatic heterocycles. The van der Waals surface area contributed by atoms with Crippen molar-refractivity contribution in [3.63, 3.8) is 0 Å². The molecule has 2 amide bonds. The van der Waals surface area contributed by atoms with Crippen molar-refractivity contribution in [3.8, 4) is 0 Å². The normalized spacial score (nSPS) is 17.3. The number of hydrogen-bond acceptors (Lipinski definition) is 13. The molecule has 5 aromatic carbocycles. The third-order valence-electron chi connectivity index (χ3n) is 11.1. The van der Waals surface area contributed by atoms with Crippen molar-refractivity contribution < 1.29 is 28.8 Å². The van der Waals surface area contributed by atoms with Crippen LogP contribution in [0.25, 0.3) is 0 Å². The Morgan fingerprint density at radius 2 is 1.37 bits per heavy atom. The van der Waals surface area contributed by atoms with Crippen LogP contribution in [0.3, 0.4) is 0 Å². The zero-order valence-corrected chi connectivity index (χ0v) is 38.1. The molecule has 2 atom stereocenters. The molecule has 65 heavy (non-hydrogen) atoms. The number of carbonyl (C=O) groups excluding carboxylic acids is 4. The van der Waals surface area contributed by atoms with Crippen LogP contribution in [0.1, 0.15) is 39.6 Å². The standard InChI is InChI=1S/C50H41N5O6S4/c1-60-54-41(39-31-65-49(51-39)53-50(35-21-11-4-12-22-35,36-23-13-5-14-24-36)37-25-15-6-16-26-37)45(57)52-42-46(58)55-43(34(29-64-47(42)55)28-62-38-27-40(56)63-30-38)48(59)61-44(32-17-7-2-8-18-32)33-19-9-3-10-20-33/h2-27,31,42,44,47H,28-30H2,1H3,(H,51,53)(H,52,57)/t42-,47-/m1/s1. The van der Waals surface area contributed by atoms with Crippen LogP contribution in [0.2, 0.25) is 0 Å². The van der Waals surface area contributed by atoms with Gasteiger partial charge >= 0.3 is 5.97 Å². The Morgan fingerprint density at radius 1 is 0.815 bits per heavy atom. The average molecular weight is 936 g/mol. The van der Waals surface area contributed by atoms with Gasteiger partial charge in [-0.2, -0.15) is 0 Å². The first-order valence-corrected chi connectivity index (χ1v) is 24.5. The van der Waals surface area contributed by atoms with Gasteiger partial charge in [-0.25, -0.2) is 9.78 Å². The number of amides is 2. The molecule has 3 aliphatic rings. The fourth-order valence-corrected chi connectivity index (χ4v) is 12.2. The van der Waals surface area contributed by atoms with E-state index in [2.05, 4.69) is 52.2 Å². The summed E-state index contributed by atoms with van der Waals surface area (Å²) in [5.41, 5.74) is 4.59. The Hall–Kier alpha value is -6.39. The lowest BCUT2D eigenvalue weighted by molar-refractivity contribution is -0.154. The van der Waals surface area contributed by atoms with Gasteiger partial charge in [0, 0.05) is 28.7 Å². The summed E-state index contributed by atoms with van der Waals surface area (Å²) in [5.74, 6) is -0.474. The number of benzene rings is 5. The van der Waals surface area contributed by atoms with E-state index in [4.69, 9.17) is 14.6 Å². The average Bonchev–Trinajstić information content (AvgIpc) is 4.01. The number of aromatic nitrogens is 1. The van der Waals surface area contributed by atoms with Crippen LogP contribution >= 0.6 is 46.6 Å². The Bertz CT molecular complexity index is 2650. The van der Waals surface area contributed by atoms with Crippen LogP contribution in [-0.2, 0) is 34.3 Å². The number of nitrogens with one attached hydrogen (secondary N) is 2. The van der Waals surface area contributed by atoms with Crippen molar-refractivity contribution in [2.75, 3.05) is 29.7 Å². The van der Waals surface area contributed by atoms with Crippen LogP contribution in [0.5, 0.6) is 0 Å². The number of thiazole rings is 1. The van der Waals surface area contributed by atoms with Gasteiger partial charge in [0.25, 0.3) is 11.8 Å². The van der Waals surface area contributed by atoms with Gasteiger partial charge in [-0.1, -0.05) is 169 Å². The Balaban J connectivity index is 0.979. The summed E-state index contributed by atoms with van der Waals surface area (Å²) >= 11 is 5.45. The minimum Gasteiger partial charge on any atom is -0.448 e. The molecule has 0 unspecified atom stereocenters. The van der Waals surface area contributed by atoms with Gasteiger partial charge in [0.1, 0.15) is 35.5 Å². The predicted octanol–water partition coefficient (Wildman–Crippen LogP) is 8.77. The van der Waals surface area contributed by atoms with E-state index >= 15 is 0 Å². The van der Waals surface area contributed by atoms with Crippen LogP contribution in [0.4, 0.5) is 5.13 Å². The molecule has 6 aromatic rings. The maximum atomic E-state index is 14.5. The Labute approximate surface area is 392 Å². The number of ether oxygens (including phenoxy) is 1. The lowest BCUT2D eigenvalue weighted by Crippen LogP contribution is -2.71. The molecule has 4 heterocycles. The second-order valence-corrected chi connectivity index (χ2v) is 19.1. The van der Waals surface area contributed by atoms with Gasteiger partial charge in [-0.05, 0) is 38.3 Å². The molecule has 0 aliphatic carbocycles. The lowest BCUT2D eigenvalue weighted by Gasteiger charge is -2.49. The number of thioether (sulfide) groups is 3. The molecule has 3 aliphatic heterocycles. The number of β-lactam (4-membered cyclic amide) rings is 1. The van der Waals surface area contributed by atoms with Gasteiger partial charge in [-0.15, -0.1) is 34.9 Å². The third kappa shape index (κ3) is 9.14. The second kappa shape index (κ2) is 19.8. The van der Waals surface area contributed by atoms with E-state index < -0.39 is 40.8 Å². The number of anilines is 1. The summed E-state index contributed by atoms with van der Waals surface area (Å²) in [4.78, 5) is 67.5.